The first-order chi connectivity index (χ1) is 17.5. The number of aryl methyl sites for hydroxylation is 1. The highest BCUT2D eigenvalue weighted by atomic mass is 19.1. The van der Waals surface area contributed by atoms with Crippen LogP contribution in [0.25, 0.3) is 11.1 Å². The van der Waals surface area contributed by atoms with Crippen LogP contribution in [0, 0.1) is 12.7 Å². The van der Waals surface area contributed by atoms with E-state index >= 15 is 0 Å². The molecule has 1 atom stereocenters. The van der Waals surface area contributed by atoms with Crippen molar-refractivity contribution in [3.8, 4) is 11.1 Å². The molecular weight excluding hydrogens is 453 g/mol. The lowest BCUT2D eigenvalue weighted by molar-refractivity contribution is -0.115. The number of rotatable bonds is 8. The van der Waals surface area contributed by atoms with E-state index in [4.69, 9.17) is 0 Å². The van der Waals surface area contributed by atoms with Gasteiger partial charge in [0.05, 0.1) is 6.04 Å². The van der Waals surface area contributed by atoms with Crippen LogP contribution in [0.15, 0.2) is 89.2 Å². The number of carbonyl (C=O) groups is 1. The zero-order valence-electron chi connectivity index (χ0n) is 21.7. The predicted molar refractivity (Wildman–Crippen MR) is 149 cm³/mol. The van der Waals surface area contributed by atoms with Gasteiger partial charge in [0.1, 0.15) is 11.5 Å². The fraction of sp³-hybridized carbons (Fsp3) is 0.241. The second-order valence-electron chi connectivity index (χ2n) is 7.37. The molecule has 0 aliphatic heterocycles. The SMILES string of the molecule is C=N/C=C\N=C(Cc1ccc(-c2ccc(C)nc2)cc1)C(=O)NC(C)c1ccc(F)cc1.CC.CN. The Bertz CT molecular complexity index is 1120. The number of pyridine rings is 1. The fourth-order valence-electron chi connectivity index (χ4n) is 3.12. The van der Waals surface area contributed by atoms with Crippen LogP contribution in [0.3, 0.4) is 0 Å². The number of hydrogen-bond donors (Lipinski definition) is 2. The molecule has 2 aromatic carbocycles. The summed E-state index contributed by atoms with van der Waals surface area (Å²) in [6.07, 6.45) is 5.05. The summed E-state index contributed by atoms with van der Waals surface area (Å²) >= 11 is 0. The van der Waals surface area contributed by atoms with Crippen LogP contribution in [-0.2, 0) is 11.2 Å². The Balaban J connectivity index is 0.00000154. The second-order valence-corrected chi connectivity index (χ2v) is 7.37. The normalized spacial score (nSPS) is 11.5. The van der Waals surface area contributed by atoms with Gasteiger partial charge >= 0.3 is 0 Å². The summed E-state index contributed by atoms with van der Waals surface area (Å²) in [6, 6.07) is 17.7. The third-order valence-electron chi connectivity index (χ3n) is 4.95. The molecule has 1 heterocycles. The number of amides is 1. The minimum absolute atomic E-state index is 0.300. The highest BCUT2D eigenvalue weighted by Gasteiger charge is 2.16. The molecule has 0 radical (unpaired) electrons. The van der Waals surface area contributed by atoms with Gasteiger partial charge in [0, 0.05) is 36.3 Å². The van der Waals surface area contributed by atoms with Crippen molar-refractivity contribution in [2.75, 3.05) is 7.05 Å². The summed E-state index contributed by atoms with van der Waals surface area (Å²) in [5, 5.41) is 2.92. The van der Waals surface area contributed by atoms with Crippen LogP contribution in [0.1, 0.15) is 43.6 Å². The van der Waals surface area contributed by atoms with Crippen molar-refractivity contribution in [2.24, 2.45) is 15.7 Å². The van der Waals surface area contributed by atoms with Gasteiger partial charge in [0.25, 0.3) is 5.91 Å². The molecule has 0 bridgehead atoms. The third kappa shape index (κ3) is 9.72. The van der Waals surface area contributed by atoms with Crippen molar-refractivity contribution < 1.29 is 9.18 Å². The molecule has 3 N–H and O–H groups in total. The zero-order chi connectivity index (χ0) is 26.9. The van der Waals surface area contributed by atoms with Crippen LogP contribution in [-0.4, -0.2) is 30.4 Å². The smallest absolute Gasteiger partial charge is 0.266 e. The number of nitrogens with one attached hydrogen (secondary N) is 1. The molecule has 7 heteroatoms. The summed E-state index contributed by atoms with van der Waals surface area (Å²) in [5.41, 5.74) is 9.63. The average Bonchev–Trinajstić information content (AvgIpc) is 2.91. The lowest BCUT2D eigenvalue weighted by Crippen LogP contribution is -2.34. The van der Waals surface area contributed by atoms with Crippen molar-refractivity contribution in [1.29, 1.82) is 0 Å². The summed E-state index contributed by atoms with van der Waals surface area (Å²) in [4.78, 5) is 25.2. The van der Waals surface area contributed by atoms with Crippen LogP contribution in [0.2, 0.25) is 0 Å². The number of halogens is 1. The van der Waals surface area contributed by atoms with E-state index in [2.05, 4.69) is 32.7 Å². The molecule has 1 aromatic heterocycles. The predicted octanol–water partition coefficient (Wildman–Crippen LogP) is 5.83. The third-order valence-corrected chi connectivity index (χ3v) is 4.95. The van der Waals surface area contributed by atoms with Crippen LogP contribution >= 0.6 is 0 Å². The summed E-state index contributed by atoms with van der Waals surface area (Å²) in [7, 11) is 1.50. The molecule has 3 aromatic rings. The molecule has 0 saturated carbocycles. The summed E-state index contributed by atoms with van der Waals surface area (Å²) in [6.45, 7) is 11.2. The minimum Gasteiger partial charge on any atom is -0.344 e. The van der Waals surface area contributed by atoms with Crippen molar-refractivity contribution in [3.63, 3.8) is 0 Å². The summed E-state index contributed by atoms with van der Waals surface area (Å²) < 4.78 is 13.2. The van der Waals surface area contributed by atoms with Crippen LogP contribution < -0.4 is 11.1 Å². The van der Waals surface area contributed by atoms with Gasteiger partial charge < -0.3 is 11.1 Å². The molecule has 0 aliphatic rings. The molecule has 1 unspecified atom stereocenters. The number of carbonyl (C=O) groups excluding carboxylic acids is 1. The van der Waals surface area contributed by atoms with Crippen molar-refractivity contribution in [1.82, 2.24) is 10.3 Å². The Morgan fingerprint density at radius 2 is 1.64 bits per heavy atom. The monoisotopic (exact) mass is 489 g/mol. The van der Waals surface area contributed by atoms with E-state index < -0.39 is 0 Å². The van der Waals surface area contributed by atoms with Gasteiger partial charge in [0.15, 0.2) is 0 Å². The van der Waals surface area contributed by atoms with E-state index in [1.807, 2.05) is 70.3 Å². The molecule has 0 aliphatic carbocycles. The Morgan fingerprint density at radius 1 is 1.03 bits per heavy atom. The minimum atomic E-state index is -0.318. The highest BCUT2D eigenvalue weighted by molar-refractivity contribution is 6.39. The maximum atomic E-state index is 13.2. The zero-order valence-corrected chi connectivity index (χ0v) is 21.7. The standard InChI is InChI=1S/C26H25FN4O.C2H6.CH5N/c1-18-4-7-23(17-30-18)22-8-5-20(6-9-22)16-25(29-15-14-28-3)26(32)31-19(2)21-10-12-24(27)13-11-21;2*1-2/h4-15,17,19H,3,16H2,1-2H3,(H,31,32);1-2H3;2H2,1H3/b15-14-,29-25?;;. The lowest BCUT2D eigenvalue weighted by atomic mass is 10.0. The number of nitrogens with zero attached hydrogens (tertiary/aromatic N) is 3. The first-order valence-corrected chi connectivity index (χ1v) is 11.8. The van der Waals surface area contributed by atoms with Gasteiger partial charge in [-0.2, -0.15) is 0 Å². The Hall–Kier alpha value is -3.97. The molecule has 190 valence electrons. The van der Waals surface area contributed by atoms with Gasteiger partial charge in [-0.1, -0.05) is 56.3 Å². The van der Waals surface area contributed by atoms with Crippen molar-refractivity contribution in [3.05, 3.63) is 102 Å². The Morgan fingerprint density at radius 3 is 2.19 bits per heavy atom. The van der Waals surface area contributed by atoms with Gasteiger partial charge in [-0.15, -0.1) is 0 Å². The molecule has 3 rings (SSSR count). The van der Waals surface area contributed by atoms with E-state index in [1.165, 1.54) is 31.6 Å². The average molecular weight is 490 g/mol. The number of nitrogens with two attached hydrogens (primary N) is 1. The maximum Gasteiger partial charge on any atom is 0.266 e. The molecule has 0 fully saturated rings. The van der Waals surface area contributed by atoms with Gasteiger partial charge in [-0.25, -0.2) is 4.39 Å². The van der Waals surface area contributed by atoms with Crippen molar-refractivity contribution >= 4 is 18.3 Å². The number of benzene rings is 2. The Kier molecular flexibility index (Phi) is 13.9. The molecule has 0 saturated heterocycles. The number of aromatic nitrogens is 1. The van der Waals surface area contributed by atoms with Gasteiger partial charge in [0.2, 0.25) is 0 Å². The second kappa shape index (κ2) is 16.6. The first-order valence-electron chi connectivity index (χ1n) is 11.8. The molecule has 6 nitrogen and oxygen atoms in total. The first kappa shape index (κ1) is 30.1. The molecular formula is C29H36FN5O. The summed E-state index contributed by atoms with van der Waals surface area (Å²) in [5.74, 6) is -0.621. The quantitative estimate of drug-likeness (QED) is 0.390. The maximum absolute atomic E-state index is 13.2. The number of aliphatic imine (C=N–C) groups is 2. The van der Waals surface area contributed by atoms with Crippen LogP contribution in [0.4, 0.5) is 4.39 Å². The topological polar surface area (TPSA) is 92.7 Å². The largest absolute Gasteiger partial charge is 0.344 e. The van der Waals surface area contributed by atoms with E-state index in [9.17, 15) is 9.18 Å². The van der Waals surface area contributed by atoms with Gasteiger partial charge in [-0.3, -0.25) is 19.8 Å². The van der Waals surface area contributed by atoms with E-state index in [0.717, 1.165) is 27.9 Å². The molecule has 36 heavy (non-hydrogen) atoms. The Labute approximate surface area is 213 Å². The molecule has 1 amide bonds. The highest BCUT2D eigenvalue weighted by Crippen LogP contribution is 2.20. The molecule has 0 spiro atoms. The number of hydrogen-bond acceptors (Lipinski definition) is 5. The fourth-order valence-corrected chi connectivity index (χ4v) is 3.12. The van der Waals surface area contributed by atoms with E-state index in [1.54, 1.807) is 12.1 Å². The lowest BCUT2D eigenvalue weighted by Gasteiger charge is -2.15. The van der Waals surface area contributed by atoms with Crippen molar-refractivity contribution in [2.45, 2.75) is 40.2 Å². The van der Waals surface area contributed by atoms with Crippen LogP contribution in [0.5, 0.6) is 0 Å². The van der Waals surface area contributed by atoms with Gasteiger partial charge in [-0.05, 0) is 62.5 Å². The van der Waals surface area contributed by atoms with E-state index in [-0.39, 0.29) is 17.8 Å². The van der Waals surface area contributed by atoms with E-state index in [0.29, 0.717) is 12.1 Å².